The van der Waals surface area contributed by atoms with Crippen molar-refractivity contribution in [3.63, 3.8) is 0 Å². The van der Waals surface area contributed by atoms with Gasteiger partial charge >= 0.3 is 5.97 Å². The van der Waals surface area contributed by atoms with Crippen molar-refractivity contribution in [2.45, 2.75) is 6.61 Å². The number of hydrogen-bond donors (Lipinski definition) is 1. The quantitative estimate of drug-likeness (QED) is 0.938. The van der Waals surface area contributed by atoms with Gasteiger partial charge in [-0.05, 0) is 30.3 Å². The lowest BCUT2D eigenvalue weighted by Gasteiger charge is -2.08. The normalized spacial score (nSPS) is 12.2. The zero-order valence-electron chi connectivity index (χ0n) is 10.8. The number of benzene rings is 2. The number of hydrogen-bond acceptors (Lipinski definition) is 4. The summed E-state index contributed by atoms with van der Waals surface area (Å²) in [5.74, 6) is 0.0492. The molecule has 0 saturated carbocycles. The zero-order chi connectivity index (χ0) is 14.8. The number of carbonyl (C=O) groups is 1. The molecule has 0 spiro atoms. The minimum absolute atomic E-state index is 0.0145. The Morgan fingerprint density at radius 3 is 2.81 bits per heavy atom. The molecular weight excluding hydrogens is 279 g/mol. The standard InChI is InChI=1S/C15H11FO5/c16-12-3-1-9(15(17)18)5-10(12)7-19-11-2-4-13-14(6-11)21-8-20-13/h1-6H,7-8H2,(H,17,18). The monoisotopic (exact) mass is 290 g/mol. The van der Waals surface area contributed by atoms with E-state index in [1.165, 1.54) is 12.1 Å². The van der Waals surface area contributed by atoms with E-state index in [2.05, 4.69) is 0 Å². The molecule has 0 aromatic heterocycles. The van der Waals surface area contributed by atoms with Crippen molar-refractivity contribution >= 4 is 5.97 Å². The average molecular weight is 290 g/mol. The molecule has 0 bridgehead atoms. The van der Waals surface area contributed by atoms with Crippen LogP contribution in [0.15, 0.2) is 36.4 Å². The number of carboxylic acids is 1. The highest BCUT2D eigenvalue weighted by molar-refractivity contribution is 5.87. The topological polar surface area (TPSA) is 65.0 Å². The predicted molar refractivity (Wildman–Crippen MR) is 70.3 cm³/mol. The van der Waals surface area contributed by atoms with Crippen LogP contribution in [-0.2, 0) is 6.61 Å². The van der Waals surface area contributed by atoms with Gasteiger partial charge in [-0.2, -0.15) is 0 Å². The minimum Gasteiger partial charge on any atom is -0.489 e. The molecule has 0 saturated heterocycles. The van der Waals surface area contributed by atoms with E-state index in [1.807, 2.05) is 0 Å². The Bertz CT molecular complexity index is 698. The summed E-state index contributed by atoms with van der Waals surface area (Å²) >= 11 is 0. The van der Waals surface area contributed by atoms with Gasteiger partial charge in [0.2, 0.25) is 6.79 Å². The lowest BCUT2D eigenvalue weighted by atomic mass is 10.1. The summed E-state index contributed by atoms with van der Waals surface area (Å²) in [5.41, 5.74) is 0.188. The molecule has 2 aromatic rings. The third-order valence-corrected chi connectivity index (χ3v) is 3.03. The molecule has 0 atom stereocenters. The van der Waals surface area contributed by atoms with Gasteiger partial charge in [-0.25, -0.2) is 9.18 Å². The molecule has 6 heteroatoms. The van der Waals surface area contributed by atoms with Crippen molar-refractivity contribution in [2.75, 3.05) is 6.79 Å². The Labute approximate surface area is 119 Å². The van der Waals surface area contributed by atoms with Gasteiger partial charge in [0.15, 0.2) is 11.5 Å². The molecule has 3 rings (SSSR count). The number of carboxylic acid groups (broad SMARTS) is 1. The van der Waals surface area contributed by atoms with Gasteiger partial charge in [0.1, 0.15) is 18.2 Å². The van der Waals surface area contributed by atoms with Crippen molar-refractivity contribution in [1.29, 1.82) is 0 Å². The van der Waals surface area contributed by atoms with Crippen molar-refractivity contribution in [2.24, 2.45) is 0 Å². The maximum Gasteiger partial charge on any atom is 0.335 e. The third kappa shape index (κ3) is 2.74. The first-order valence-corrected chi connectivity index (χ1v) is 6.17. The Kier molecular flexibility index (Phi) is 3.35. The maximum atomic E-state index is 13.6. The van der Waals surface area contributed by atoms with E-state index in [9.17, 15) is 9.18 Å². The van der Waals surface area contributed by atoms with Gasteiger partial charge in [0, 0.05) is 11.6 Å². The fraction of sp³-hybridized carbons (Fsp3) is 0.133. The van der Waals surface area contributed by atoms with Crippen molar-refractivity contribution in [3.05, 3.63) is 53.3 Å². The van der Waals surface area contributed by atoms with E-state index in [0.29, 0.717) is 17.2 Å². The summed E-state index contributed by atoms with van der Waals surface area (Å²) in [6.45, 7) is 0.0840. The summed E-state index contributed by atoms with van der Waals surface area (Å²) < 4.78 is 29.5. The predicted octanol–water partition coefficient (Wildman–Crippen LogP) is 2.83. The zero-order valence-corrected chi connectivity index (χ0v) is 10.8. The number of fused-ring (bicyclic) bond motifs is 1. The van der Waals surface area contributed by atoms with Gasteiger partial charge in [0.25, 0.3) is 0 Å². The van der Waals surface area contributed by atoms with E-state index in [1.54, 1.807) is 18.2 Å². The average Bonchev–Trinajstić information content (AvgIpc) is 2.93. The first-order chi connectivity index (χ1) is 10.1. The molecule has 0 unspecified atom stereocenters. The van der Waals surface area contributed by atoms with Crippen LogP contribution < -0.4 is 14.2 Å². The molecule has 0 amide bonds. The molecule has 5 nitrogen and oxygen atoms in total. The summed E-state index contributed by atoms with van der Waals surface area (Å²) in [4.78, 5) is 10.9. The number of rotatable bonds is 4. The third-order valence-electron chi connectivity index (χ3n) is 3.03. The largest absolute Gasteiger partial charge is 0.489 e. The summed E-state index contributed by atoms with van der Waals surface area (Å²) in [7, 11) is 0. The molecule has 0 aliphatic carbocycles. The van der Waals surface area contributed by atoms with E-state index in [4.69, 9.17) is 19.3 Å². The van der Waals surface area contributed by atoms with Crippen LogP contribution in [-0.4, -0.2) is 17.9 Å². The van der Waals surface area contributed by atoms with Gasteiger partial charge in [-0.15, -0.1) is 0 Å². The lowest BCUT2D eigenvalue weighted by molar-refractivity contribution is 0.0696. The van der Waals surface area contributed by atoms with Crippen molar-refractivity contribution < 1.29 is 28.5 Å². The maximum absolute atomic E-state index is 13.6. The molecule has 0 radical (unpaired) electrons. The lowest BCUT2D eigenvalue weighted by Crippen LogP contribution is -2.03. The van der Waals surface area contributed by atoms with E-state index < -0.39 is 11.8 Å². The van der Waals surface area contributed by atoms with Gasteiger partial charge in [0.05, 0.1) is 5.56 Å². The first-order valence-electron chi connectivity index (χ1n) is 6.17. The van der Waals surface area contributed by atoms with Crippen LogP contribution in [0.5, 0.6) is 17.2 Å². The number of ether oxygens (including phenoxy) is 3. The van der Waals surface area contributed by atoms with E-state index in [-0.39, 0.29) is 24.5 Å². The van der Waals surface area contributed by atoms with Crippen LogP contribution in [0.3, 0.4) is 0 Å². The Morgan fingerprint density at radius 1 is 1.19 bits per heavy atom. The summed E-state index contributed by atoms with van der Waals surface area (Å²) in [6, 6.07) is 8.59. The molecule has 1 aliphatic heterocycles. The van der Waals surface area contributed by atoms with Crippen LogP contribution >= 0.6 is 0 Å². The Morgan fingerprint density at radius 2 is 2.00 bits per heavy atom. The molecule has 0 fully saturated rings. The SMILES string of the molecule is O=C(O)c1ccc(F)c(COc2ccc3c(c2)OCO3)c1. The van der Waals surface area contributed by atoms with E-state index >= 15 is 0 Å². The highest BCUT2D eigenvalue weighted by Crippen LogP contribution is 2.35. The number of aromatic carboxylic acids is 1. The van der Waals surface area contributed by atoms with Crippen molar-refractivity contribution in [1.82, 2.24) is 0 Å². The summed E-state index contributed by atoms with van der Waals surface area (Å²) in [6.07, 6.45) is 0. The summed E-state index contributed by atoms with van der Waals surface area (Å²) in [5, 5.41) is 8.90. The second kappa shape index (κ2) is 5.32. The molecule has 21 heavy (non-hydrogen) atoms. The Balaban J connectivity index is 1.75. The van der Waals surface area contributed by atoms with Gasteiger partial charge in [-0.3, -0.25) is 0 Å². The second-order valence-electron chi connectivity index (χ2n) is 4.42. The van der Waals surface area contributed by atoms with Crippen LogP contribution in [0.4, 0.5) is 4.39 Å². The fourth-order valence-electron chi connectivity index (χ4n) is 1.95. The number of halogens is 1. The van der Waals surface area contributed by atoms with Crippen LogP contribution in [0, 0.1) is 5.82 Å². The molecule has 1 aliphatic rings. The molecule has 108 valence electrons. The van der Waals surface area contributed by atoms with Crippen molar-refractivity contribution in [3.8, 4) is 17.2 Å². The van der Waals surface area contributed by atoms with Crippen LogP contribution in [0.1, 0.15) is 15.9 Å². The Hall–Kier alpha value is -2.76. The highest BCUT2D eigenvalue weighted by atomic mass is 19.1. The molecule has 1 heterocycles. The molecule has 1 N–H and O–H groups in total. The first kappa shape index (κ1) is 13.2. The minimum atomic E-state index is -1.11. The fourth-order valence-corrected chi connectivity index (χ4v) is 1.95. The molecular formula is C15H11FO5. The smallest absolute Gasteiger partial charge is 0.335 e. The second-order valence-corrected chi connectivity index (χ2v) is 4.42. The van der Waals surface area contributed by atoms with Crippen LogP contribution in [0.2, 0.25) is 0 Å². The van der Waals surface area contributed by atoms with Crippen LogP contribution in [0.25, 0.3) is 0 Å². The van der Waals surface area contributed by atoms with E-state index in [0.717, 1.165) is 6.07 Å². The van der Waals surface area contributed by atoms with Gasteiger partial charge in [-0.1, -0.05) is 0 Å². The highest BCUT2D eigenvalue weighted by Gasteiger charge is 2.14. The molecule has 2 aromatic carbocycles. The van der Waals surface area contributed by atoms with Gasteiger partial charge < -0.3 is 19.3 Å².